The third-order valence-electron chi connectivity index (χ3n) is 4.25. The van der Waals surface area contributed by atoms with E-state index in [4.69, 9.17) is 0 Å². The maximum absolute atomic E-state index is 12.9. The van der Waals surface area contributed by atoms with Gasteiger partial charge in [0.05, 0.1) is 6.61 Å². The summed E-state index contributed by atoms with van der Waals surface area (Å²) < 4.78 is 2.06. The van der Waals surface area contributed by atoms with Gasteiger partial charge in [0.15, 0.2) is 0 Å². The molecule has 0 aliphatic carbocycles. The van der Waals surface area contributed by atoms with E-state index in [1.165, 1.54) is 0 Å². The lowest BCUT2D eigenvalue weighted by Gasteiger charge is -2.21. The van der Waals surface area contributed by atoms with E-state index < -0.39 is 0 Å². The van der Waals surface area contributed by atoms with Crippen LogP contribution in [0.25, 0.3) is 10.9 Å². The first-order valence-electron chi connectivity index (χ1n) is 8.27. The molecule has 1 heterocycles. The molecule has 0 saturated heterocycles. The molecule has 4 heteroatoms. The fourth-order valence-corrected chi connectivity index (χ4v) is 3.01. The van der Waals surface area contributed by atoms with Crippen LogP contribution >= 0.6 is 0 Å². The summed E-state index contributed by atoms with van der Waals surface area (Å²) >= 11 is 0. The van der Waals surface area contributed by atoms with Gasteiger partial charge in [-0.25, -0.2) is 0 Å². The van der Waals surface area contributed by atoms with E-state index in [1.807, 2.05) is 55.5 Å². The molecule has 0 bridgehead atoms. The van der Waals surface area contributed by atoms with Gasteiger partial charge in [0.25, 0.3) is 5.91 Å². The third-order valence-corrected chi connectivity index (χ3v) is 4.25. The minimum atomic E-state index is -0.0429. The molecule has 1 aromatic heterocycles. The molecule has 0 fully saturated rings. The van der Waals surface area contributed by atoms with E-state index in [0.717, 1.165) is 16.5 Å². The predicted molar refractivity (Wildman–Crippen MR) is 96.1 cm³/mol. The molecule has 0 unspecified atom stereocenters. The van der Waals surface area contributed by atoms with E-state index in [-0.39, 0.29) is 12.5 Å². The quantitative estimate of drug-likeness (QED) is 0.758. The van der Waals surface area contributed by atoms with Crippen molar-refractivity contribution in [2.75, 3.05) is 19.7 Å². The molecule has 2 aromatic carbocycles. The lowest BCUT2D eigenvalue weighted by molar-refractivity contribution is 0.0722. The predicted octanol–water partition coefficient (Wildman–Crippen LogP) is 3.14. The number of hydrogen-bond donors (Lipinski definition) is 1. The molecule has 1 N–H and O–H groups in total. The normalized spacial score (nSPS) is 10.9. The number of hydrogen-bond acceptors (Lipinski definition) is 2. The molecule has 4 nitrogen and oxygen atoms in total. The van der Waals surface area contributed by atoms with Crippen molar-refractivity contribution in [3.05, 3.63) is 71.9 Å². The molecule has 0 spiro atoms. The lowest BCUT2D eigenvalue weighted by Crippen LogP contribution is -2.34. The molecule has 1 amide bonds. The summed E-state index contributed by atoms with van der Waals surface area (Å²) in [5.74, 6) is -0.0429. The molecule has 0 atom stereocenters. The third kappa shape index (κ3) is 3.19. The summed E-state index contributed by atoms with van der Waals surface area (Å²) in [6.45, 7) is 3.47. The highest BCUT2D eigenvalue weighted by atomic mass is 16.3. The Balaban J connectivity index is 2.06. The zero-order valence-corrected chi connectivity index (χ0v) is 13.9. The fourth-order valence-electron chi connectivity index (χ4n) is 3.01. The molecule has 124 valence electrons. The van der Waals surface area contributed by atoms with Crippen LogP contribution in [0, 0.1) is 0 Å². The first-order valence-corrected chi connectivity index (χ1v) is 8.27. The van der Waals surface area contributed by atoms with Crippen molar-refractivity contribution in [2.45, 2.75) is 13.5 Å². The van der Waals surface area contributed by atoms with E-state index in [0.29, 0.717) is 25.3 Å². The summed E-state index contributed by atoms with van der Waals surface area (Å²) in [5.41, 5.74) is 2.86. The smallest absolute Gasteiger partial charge is 0.270 e. The van der Waals surface area contributed by atoms with Crippen molar-refractivity contribution < 1.29 is 9.90 Å². The minimum Gasteiger partial charge on any atom is -0.395 e. The Hall–Kier alpha value is -2.59. The maximum Gasteiger partial charge on any atom is 0.270 e. The van der Waals surface area contributed by atoms with E-state index in [1.54, 1.807) is 4.90 Å². The highest BCUT2D eigenvalue weighted by molar-refractivity contribution is 5.98. The van der Waals surface area contributed by atoms with Gasteiger partial charge in [-0.3, -0.25) is 4.79 Å². The number of aliphatic hydroxyl groups excluding tert-OH is 1. The highest BCUT2D eigenvalue weighted by Gasteiger charge is 2.20. The number of aliphatic hydroxyl groups is 1. The van der Waals surface area contributed by atoms with Crippen LogP contribution in [0.4, 0.5) is 0 Å². The molecule has 0 aliphatic heterocycles. The summed E-state index contributed by atoms with van der Waals surface area (Å²) in [4.78, 5) is 14.6. The van der Waals surface area contributed by atoms with E-state index in [9.17, 15) is 9.90 Å². The Morgan fingerprint density at radius 3 is 2.50 bits per heavy atom. The first kappa shape index (κ1) is 16.3. The molecule has 0 aliphatic rings. The Bertz CT molecular complexity index is 824. The van der Waals surface area contributed by atoms with Gasteiger partial charge in [0.1, 0.15) is 5.69 Å². The van der Waals surface area contributed by atoms with Crippen LogP contribution < -0.4 is 0 Å². The number of likely N-dealkylation sites (N-methyl/N-ethyl adjacent to an activating group) is 1. The zero-order chi connectivity index (χ0) is 16.9. The van der Waals surface area contributed by atoms with Crippen LogP contribution in [0.5, 0.6) is 0 Å². The summed E-state index contributed by atoms with van der Waals surface area (Å²) in [5, 5.41) is 10.3. The van der Waals surface area contributed by atoms with Crippen molar-refractivity contribution in [1.82, 2.24) is 9.47 Å². The van der Waals surface area contributed by atoms with Crippen LogP contribution in [0.15, 0.2) is 60.7 Å². The number of fused-ring (bicyclic) bond motifs is 1. The maximum atomic E-state index is 12.9. The lowest BCUT2D eigenvalue weighted by atomic mass is 10.2. The van der Waals surface area contributed by atoms with Crippen molar-refractivity contribution in [3.63, 3.8) is 0 Å². The van der Waals surface area contributed by atoms with Gasteiger partial charge in [-0.2, -0.15) is 0 Å². The van der Waals surface area contributed by atoms with Crippen molar-refractivity contribution >= 4 is 16.8 Å². The van der Waals surface area contributed by atoms with Gasteiger partial charge in [-0.05, 0) is 24.6 Å². The van der Waals surface area contributed by atoms with Gasteiger partial charge in [-0.1, -0.05) is 48.5 Å². The van der Waals surface area contributed by atoms with Crippen LogP contribution in [-0.4, -0.2) is 40.2 Å². The standard InChI is InChI=1S/C20H22N2O2/c1-2-21(12-13-23)20(24)19-14-17-10-6-7-11-18(17)22(19)15-16-8-4-3-5-9-16/h3-11,14,23H,2,12-13,15H2,1H3. The molecular weight excluding hydrogens is 300 g/mol. The van der Waals surface area contributed by atoms with Crippen molar-refractivity contribution in [2.24, 2.45) is 0 Å². The monoisotopic (exact) mass is 322 g/mol. The number of benzene rings is 2. The molecule has 0 radical (unpaired) electrons. The highest BCUT2D eigenvalue weighted by Crippen LogP contribution is 2.22. The fraction of sp³-hybridized carbons (Fsp3) is 0.250. The zero-order valence-electron chi connectivity index (χ0n) is 13.9. The number of amides is 1. The largest absolute Gasteiger partial charge is 0.395 e. The van der Waals surface area contributed by atoms with Crippen LogP contribution in [0.3, 0.4) is 0 Å². The van der Waals surface area contributed by atoms with Crippen LogP contribution in [0.2, 0.25) is 0 Å². The average Bonchev–Trinajstić information content (AvgIpc) is 2.99. The van der Waals surface area contributed by atoms with Crippen molar-refractivity contribution in [1.29, 1.82) is 0 Å². The van der Waals surface area contributed by atoms with Gasteiger partial charge >= 0.3 is 0 Å². The first-order chi connectivity index (χ1) is 11.7. The number of nitrogens with zero attached hydrogens (tertiary/aromatic N) is 2. The van der Waals surface area contributed by atoms with E-state index in [2.05, 4.69) is 16.7 Å². The van der Waals surface area contributed by atoms with Crippen LogP contribution in [-0.2, 0) is 6.54 Å². The Kier molecular flexibility index (Phi) is 4.96. The molecule has 0 saturated carbocycles. The Morgan fingerprint density at radius 2 is 1.79 bits per heavy atom. The molecule has 3 aromatic rings. The number of para-hydroxylation sites is 1. The summed E-state index contributed by atoms with van der Waals surface area (Å²) in [7, 11) is 0. The second kappa shape index (κ2) is 7.32. The number of rotatable bonds is 6. The molecule has 3 rings (SSSR count). The Labute approximate surface area is 141 Å². The summed E-state index contributed by atoms with van der Waals surface area (Å²) in [6, 6.07) is 20.1. The number of aromatic nitrogens is 1. The van der Waals surface area contributed by atoms with Gasteiger partial charge in [0.2, 0.25) is 0 Å². The summed E-state index contributed by atoms with van der Waals surface area (Å²) in [6.07, 6.45) is 0. The number of carbonyl (C=O) groups is 1. The van der Waals surface area contributed by atoms with Crippen molar-refractivity contribution in [3.8, 4) is 0 Å². The molecular formula is C20H22N2O2. The Morgan fingerprint density at radius 1 is 1.08 bits per heavy atom. The van der Waals surface area contributed by atoms with Gasteiger partial charge in [0, 0.05) is 30.5 Å². The second-order valence-corrected chi connectivity index (χ2v) is 5.77. The topological polar surface area (TPSA) is 45.5 Å². The second-order valence-electron chi connectivity index (χ2n) is 5.77. The van der Waals surface area contributed by atoms with Gasteiger partial charge < -0.3 is 14.6 Å². The van der Waals surface area contributed by atoms with Crippen LogP contribution in [0.1, 0.15) is 23.0 Å². The number of carbonyl (C=O) groups excluding carboxylic acids is 1. The van der Waals surface area contributed by atoms with E-state index >= 15 is 0 Å². The minimum absolute atomic E-state index is 0.0293. The van der Waals surface area contributed by atoms with Gasteiger partial charge in [-0.15, -0.1) is 0 Å². The SMILES string of the molecule is CCN(CCO)C(=O)c1cc2ccccc2n1Cc1ccccc1. The average molecular weight is 322 g/mol. The molecule has 24 heavy (non-hydrogen) atoms.